The van der Waals surface area contributed by atoms with Crippen molar-refractivity contribution in [2.45, 2.75) is 6.54 Å². The van der Waals surface area contributed by atoms with Gasteiger partial charge in [0.2, 0.25) is 0 Å². The summed E-state index contributed by atoms with van der Waals surface area (Å²) in [5.41, 5.74) is 0.842. The zero-order valence-electron chi connectivity index (χ0n) is 7.06. The van der Waals surface area contributed by atoms with Crippen molar-refractivity contribution in [1.82, 2.24) is 20.0 Å². The SMILES string of the molecule is Clc1ccc(Cn2cc(I)cn2)nn1. The summed E-state index contributed by atoms with van der Waals surface area (Å²) in [4.78, 5) is 0. The van der Waals surface area contributed by atoms with Gasteiger partial charge >= 0.3 is 0 Å². The molecule has 0 aliphatic rings. The maximum atomic E-state index is 5.62. The fraction of sp³-hybridized carbons (Fsp3) is 0.125. The van der Waals surface area contributed by atoms with Crippen molar-refractivity contribution in [2.24, 2.45) is 0 Å². The highest BCUT2D eigenvalue weighted by molar-refractivity contribution is 14.1. The van der Waals surface area contributed by atoms with Gasteiger partial charge in [0.1, 0.15) is 0 Å². The van der Waals surface area contributed by atoms with E-state index in [1.54, 1.807) is 16.9 Å². The number of nitrogens with zero attached hydrogens (tertiary/aromatic N) is 4. The number of aromatic nitrogens is 4. The third kappa shape index (κ3) is 2.42. The topological polar surface area (TPSA) is 43.6 Å². The molecule has 2 aromatic rings. The molecule has 0 aliphatic carbocycles. The van der Waals surface area contributed by atoms with E-state index < -0.39 is 0 Å². The van der Waals surface area contributed by atoms with Crippen molar-refractivity contribution in [1.29, 1.82) is 0 Å². The molecule has 0 radical (unpaired) electrons. The van der Waals surface area contributed by atoms with Crippen molar-refractivity contribution in [2.75, 3.05) is 0 Å². The Hall–Kier alpha value is -0.690. The molecule has 0 aliphatic heterocycles. The Morgan fingerprint density at radius 1 is 1.36 bits per heavy atom. The molecule has 0 atom stereocenters. The van der Waals surface area contributed by atoms with E-state index in [-0.39, 0.29) is 0 Å². The quantitative estimate of drug-likeness (QED) is 0.795. The minimum absolute atomic E-state index is 0.406. The summed E-state index contributed by atoms with van der Waals surface area (Å²) >= 11 is 7.83. The fourth-order valence-corrected chi connectivity index (χ4v) is 1.57. The third-order valence-corrected chi connectivity index (χ3v) is 2.37. The van der Waals surface area contributed by atoms with Crippen LogP contribution in [0.25, 0.3) is 0 Å². The molecule has 0 spiro atoms. The second-order valence-electron chi connectivity index (χ2n) is 2.70. The molecule has 72 valence electrons. The zero-order chi connectivity index (χ0) is 9.97. The molecule has 2 heterocycles. The predicted octanol–water partition coefficient (Wildman–Crippen LogP) is 1.98. The van der Waals surface area contributed by atoms with E-state index in [0.29, 0.717) is 11.7 Å². The summed E-state index contributed by atoms with van der Waals surface area (Å²) in [6.45, 7) is 0.618. The summed E-state index contributed by atoms with van der Waals surface area (Å²) in [6, 6.07) is 3.56. The van der Waals surface area contributed by atoms with Crippen LogP contribution in [0.3, 0.4) is 0 Å². The van der Waals surface area contributed by atoms with Crippen LogP contribution >= 0.6 is 34.2 Å². The maximum absolute atomic E-state index is 5.62. The molecule has 0 saturated heterocycles. The molecule has 0 amide bonds. The van der Waals surface area contributed by atoms with E-state index in [9.17, 15) is 0 Å². The molecule has 2 aromatic heterocycles. The molecular formula is C8H6ClIN4. The molecule has 6 heteroatoms. The van der Waals surface area contributed by atoms with Gasteiger partial charge in [-0.25, -0.2) is 0 Å². The van der Waals surface area contributed by atoms with Crippen LogP contribution < -0.4 is 0 Å². The highest BCUT2D eigenvalue weighted by atomic mass is 127. The van der Waals surface area contributed by atoms with E-state index in [0.717, 1.165) is 9.26 Å². The second kappa shape index (κ2) is 4.22. The summed E-state index contributed by atoms with van der Waals surface area (Å²) < 4.78 is 2.91. The first-order valence-corrected chi connectivity index (χ1v) is 5.36. The summed E-state index contributed by atoms with van der Waals surface area (Å²) in [7, 11) is 0. The van der Waals surface area contributed by atoms with Crippen LogP contribution in [-0.4, -0.2) is 20.0 Å². The lowest BCUT2D eigenvalue weighted by Gasteiger charge is -1.99. The van der Waals surface area contributed by atoms with Crippen molar-refractivity contribution in [3.05, 3.63) is 38.9 Å². The molecule has 0 fully saturated rings. The van der Waals surface area contributed by atoms with Gasteiger partial charge in [-0.1, -0.05) is 11.6 Å². The minimum atomic E-state index is 0.406. The first kappa shape index (κ1) is 9.85. The molecule has 0 saturated carbocycles. The average Bonchev–Trinajstić information content (AvgIpc) is 2.56. The summed E-state index contributed by atoms with van der Waals surface area (Å²) in [5, 5.41) is 12.2. The second-order valence-corrected chi connectivity index (χ2v) is 4.34. The Kier molecular flexibility index (Phi) is 2.97. The smallest absolute Gasteiger partial charge is 0.151 e. The third-order valence-electron chi connectivity index (χ3n) is 1.61. The van der Waals surface area contributed by atoms with Gasteiger partial charge in [0.15, 0.2) is 5.15 Å². The van der Waals surface area contributed by atoms with Crippen LogP contribution in [-0.2, 0) is 6.54 Å². The Morgan fingerprint density at radius 3 is 2.79 bits per heavy atom. The van der Waals surface area contributed by atoms with Crippen LogP contribution in [0.4, 0.5) is 0 Å². The Balaban J connectivity index is 2.15. The van der Waals surface area contributed by atoms with Gasteiger partial charge in [-0.15, -0.1) is 5.10 Å². The predicted molar refractivity (Wildman–Crippen MR) is 61.1 cm³/mol. The van der Waals surface area contributed by atoms with Gasteiger partial charge in [0.25, 0.3) is 0 Å². The van der Waals surface area contributed by atoms with Crippen LogP contribution in [0.5, 0.6) is 0 Å². The van der Waals surface area contributed by atoms with E-state index in [4.69, 9.17) is 11.6 Å². The lowest BCUT2D eigenvalue weighted by Crippen LogP contribution is -2.02. The molecule has 0 N–H and O–H groups in total. The van der Waals surface area contributed by atoms with Crippen molar-refractivity contribution >= 4 is 34.2 Å². The van der Waals surface area contributed by atoms with E-state index in [1.807, 2.05) is 12.3 Å². The highest BCUT2D eigenvalue weighted by Crippen LogP contribution is 2.05. The standard InChI is InChI=1S/C8H6ClIN4/c9-8-2-1-7(12-13-8)5-14-4-6(10)3-11-14/h1-4H,5H2. The molecular weight excluding hydrogens is 314 g/mol. The number of halogens is 2. The number of hydrogen-bond donors (Lipinski definition) is 0. The van der Waals surface area contributed by atoms with Gasteiger partial charge in [-0.2, -0.15) is 10.2 Å². The molecule has 2 rings (SSSR count). The van der Waals surface area contributed by atoms with Crippen molar-refractivity contribution in [3.8, 4) is 0 Å². The van der Waals surface area contributed by atoms with Gasteiger partial charge in [0.05, 0.1) is 22.0 Å². The molecule has 14 heavy (non-hydrogen) atoms. The molecule has 0 bridgehead atoms. The number of rotatable bonds is 2. The van der Waals surface area contributed by atoms with Gasteiger partial charge in [0, 0.05) is 6.20 Å². The monoisotopic (exact) mass is 320 g/mol. The van der Waals surface area contributed by atoms with Gasteiger partial charge in [-0.3, -0.25) is 4.68 Å². The zero-order valence-corrected chi connectivity index (χ0v) is 9.97. The Bertz CT molecular complexity index is 425. The highest BCUT2D eigenvalue weighted by Gasteiger charge is 1.99. The van der Waals surface area contributed by atoms with Crippen LogP contribution in [0, 0.1) is 3.57 Å². The van der Waals surface area contributed by atoms with Crippen LogP contribution in [0.1, 0.15) is 5.69 Å². The maximum Gasteiger partial charge on any atom is 0.151 e. The lowest BCUT2D eigenvalue weighted by atomic mass is 10.4. The van der Waals surface area contributed by atoms with Gasteiger partial charge < -0.3 is 0 Å². The molecule has 0 aromatic carbocycles. The molecule has 0 unspecified atom stereocenters. The lowest BCUT2D eigenvalue weighted by molar-refractivity contribution is 0.663. The Morgan fingerprint density at radius 2 is 2.21 bits per heavy atom. The average molecular weight is 321 g/mol. The fourth-order valence-electron chi connectivity index (χ4n) is 1.02. The summed E-state index contributed by atoms with van der Waals surface area (Å²) in [6.07, 6.45) is 3.74. The van der Waals surface area contributed by atoms with E-state index in [2.05, 4.69) is 37.9 Å². The normalized spacial score (nSPS) is 10.4. The van der Waals surface area contributed by atoms with E-state index >= 15 is 0 Å². The first-order chi connectivity index (χ1) is 6.74. The molecule has 4 nitrogen and oxygen atoms in total. The van der Waals surface area contributed by atoms with Gasteiger partial charge in [-0.05, 0) is 34.7 Å². The van der Waals surface area contributed by atoms with Crippen molar-refractivity contribution in [3.63, 3.8) is 0 Å². The van der Waals surface area contributed by atoms with Crippen LogP contribution in [0.2, 0.25) is 5.15 Å². The van der Waals surface area contributed by atoms with Crippen LogP contribution in [0.15, 0.2) is 24.5 Å². The van der Waals surface area contributed by atoms with E-state index in [1.165, 1.54) is 0 Å². The Labute approximate surface area is 99.4 Å². The first-order valence-electron chi connectivity index (χ1n) is 3.90. The number of hydrogen-bond acceptors (Lipinski definition) is 3. The largest absolute Gasteiger partial charge is 0.266 e. The minimum Gasteiger partial charge on any atom is -0.266 e. The summed E-state index contributed by atoms with van der Waals surface area (Å²) in [5.74, 6) is 0. The van der Waals surface area contributed by atoms with Crippen molar-refractivity contribution < 1.29 is 0 Å².